The molecule has 4 rings (SSSR count). The molecule has 0 saturated heterocycles. The SMILES string of the molecule is CC(O)Cn1nc(-c2cnc3[nH]cc(C(=O)O)c3n2)c2ccc(Cl)cc21. The topological polar surface area (TPSA) is 117 Å². The van der Waals surface area contributed by atoms with Gasteiger partial charge in [-0.2, -0.15) is 5.10 Å². The number of benzene rings is 1. The number of fused-ring (bicyclic) bond motifs is 2. The zero-order valence-electron chi connectivity index (χ0n) is 13.6. The van der Waals surface area contributed by atoms with Gasteiger partial charge in [-0.25, -0.2) is 14.8 Å². The third kappa shape index (κ3) is 2.69. The Balaban J connectivity index is 1.95. The van der Waals surface area contributed by atoms with Crippen molar-refractivity contribution >= 4 is 39.6 Å². The van der Waals surface area contributed by atoms with Crippen LogP contribution in [0.2, 0.25) is 5.02 Å². The summed E-state index contributed by atoms with van der Waals surface area (Å²) in [5.74, 6) is -1.08. The van der Waals surface area contributed by atoms with Gasteiger partial charge >= 0.3 is 5.97 Å². The first-order valence-electron chi connectivity index (χ1n) is 7.86. The molecule has 1 aromatic carbocycles. The van der Waals surface area contributed by atoms with Gasteiger partial charge in [-0.05, 0) is 25.1 Å². The molecule has 0 radical (unpaired) electrons. The number of aromatic nitrogens is 5. The molecule has 3 aromatic heterocycles. The molecule has 0 fully saturated rings. The summed E-state index contributed by atoms with van der Waals surface area (Å²) in [5.41, 5.74) is 2.44. The van der Waals surface area contributed by atoms with Crippen molar-refractivity contribution in [3.8, 4) is 11.4 Å². The van der Waals surface area contributed by atoms with Crippen LogP contribution in [-0.2, 0) is 6.54 Å². The largest absolute Gasteiger partial charge is 0.478 e. The molecule has 9 heteroatoms. The fourth-order valence-corrected chi connectivity index (χ4v) is 3.06. The first-order chi connectivity index (χ1) is 12.4. The van der Waals surface area contributed by atoms with Gasteiger partial charge in [-0.1, -0.05) is 11.6 Å². The highest BCUT2D eigenvalue weighted by Crippen LogP contribution is 2.30. The molecule has 8 nitrogen and oxygen atoms in total. The van der Waals surface area contributed by atoms with E-state index in [1.807, 2.05) is 6.07 Å². The van der Waals surface area contributed by atoms with Gasteiger partial charge in [0.2, 0.25) is 0 Å². The number of aromatic amines is 1. The van der Waals surface area contributed by atoms with Crippen LogP contribution in [0.15, 0.2) is 30.6 Å². The number of aliphatic hydroxyl groups excluding tert-OH is 1. The van der Waals surface area contributed by atoms with Crippen LogP contribution in [0.25, 0.3) is 33.5 Å². The highest BCUT2D eigenvalue weighted by Gasteiger charge is 2.18. The smallest absolute Gasteiger partial charge is 0.339 e. The zero-order valence-corrected chi connectivity index (χ0v) is 14.4. The maximum absolute atomic E-state index is 11.3. The average Bonchev–Trinajstić information content (AvgIpc) is 3.15. The Hall–Kier alpha value is -2.97. The van der Waals surface area contributed by atoms with Crippen molar-refractivity contribution in [1.29, 1.82) is 0 Å². The number of nitrogens with one attached hydrogen (secondary N) is 1. The second-order valence-electron chi connectivity index (χ2n) is 6.00. The summed E-state index contributed by atoms with van der Waals surface area (Å²) in [6, 6.07) is 5.33. The third-order valence-corrected chi connectivity index (χ3v) is 4.24. The zero-order chi connectivity index (χ0) is 18.4. The summed E-state index contributed by atoms with van der Waals surface area (Å²) in [5, 5.41) is 24.9. The summed E-state index contributed by atoms with van der Waals surface area (Å²) in [7, 11) is 0. The van der Waals surface area contributed by atoms with Crippen LogP contribution in [0.3, 0.4) is 0 Å². The molecule has 0 aliphatic rings. The quantitative estimate of drug-likeness (QED) is 0.507. The van der Waals surface area contributed by atoms with E-state index < -0.39 is 12.1 Å². The van der Waals surface area contributed by atoms with Gasteiger partial charge in [0, 0.05) is 16.6 Å². The third-order valence-electron chi connectivity index (χ3n) is 4.00. The number of nitrogens with zero attached hydrogens (tertiary/aromatic N) is 4. The van der Waals surface area contributed by atoms with Crippen LogP contribution < -0.4 is 0 Å². The lowest BCUT2D eigenvalue weighted by Gasteiger charge is -2.05. The minimum atomic E-state index is -1.08. The maximum atomic E-state index is 11.3. The van der Waals surface area contributed by atoms with Crippen LogP contribution >= 0.6 is 11.6 Å². The molecule has 3 heterocycles. The molecule has 0 aliphatic carbocycles. The van der Waals surface area contributed by atoms with Crippen LogP contribution in [0.1, 0.15) is 17.3 Å². The molecule has 0 aliphatic heterocycles. The molecule has 0 bridgehead atoms. The standard InChI is InChI=1S/C17H14ClN5O3/c1-8(24)7-23-13-4-9(18)2-3-10(13)14(22-23)12-6-20-16-15(21-12)11(5-19-16)17(25)26/h2-6,8,24H,7H2,1H3,(H,19,20)(H,25,26). The minimum absolute atomic E-state index is 0.0464. The molecule has 0 amide bonds. The van der Waals surface area contributed by atoms with E-state index in [1.54, 1.807) is 23.7 Å². The predicted octanol–water partition coefficient (Wildman–Crippen LogP) is 2.71. The Kier molecular flexibility index (Phi) is 3.86. The maximum Gasteiger partial charge on any atom is 0.339 e. The predicted molar refractivity (Wildman–Crippen MR) is 96.3 cm³/mol. The van der Waals surface area contributed by atoms with Crippen LogP contribution in [0, 0.1) is 0 Å². The molecule has 0 spiro atoms. The lowest BCUT2D eigenvalue weighted by Crippen LogP contribution is -2.12. The van der Waals surface area contributed by atoms with E-state index in [2.05, 4.69) is 20.1 Å². The first-order valence-corrected chi connectivity index (χ1v) is 8.23. The van der Waals surface area contributed by atoms with Crippen LogP contribution in [0.5, 0.6) is 0 Å². The average molecular weight is 372 g/mol. The van der Waals surface area contributed by atoms with E-state index in [0.717, 1.165) is 10.9 Å². The van der Waals surface area contributed by atoms with Crippen molar-refractivity contribution in [3.05, 3.63) is 41.2 Å². The number of carboxylic acids is 1. The summed E-state index contributed by atoms with van der Waals surface area (Å²) < 4.78 is 1.66. The van der Waals surface area contributed by atoms with Gasteiger partial charge in [-0.15, -0.1) is 0 Å². The van der Waals surface area contributed by atoms with E-state index >= 15 is 0 Å². The van der Waals surface area contributed by atoms with Crippen molar-refractivity contribution in [3.63, 3.8) is 0 Å². The van der Waals surface area contributed by atoms with E-state index in [1.165, 1.54) is 12.4 Å². The van der Waals surface area contributed by atoms with Gasteiger partial charge < -0.3 is 15.2 Å². The number of hydrogen-bond donors (Lipinski definition) is 3. The first kappa shape index (κ1) is 16.5. The number of carbonyl (C=O) groups is 1. The molecule has 1 unspecified atom stereocenters. The highest BCUT2D eigenvalue weighted by atomic mass is 35.5. The Bertz CT molecular complexity index is 1150. The number of aliphatic hydroxyl groups is 1. The lowest BCUT2D eigenvalue weighted by atomic mass is 10.1. The lowest BCUT2D eigenvalue weighted by molar-refractivity contribution is 0.0699. The number of aromatic carboxylic acids is 1. The number of hydrogen-bond acceptors (Lipinski definition) is 5. The Morgan fingerprint density at radius 2 is 2.23 bits per heavy atom. The number of rotatable bonds is 4. The second-order valence-corrected chi connectivity index (χ2v) is 6.44. The van der Waals surface area contributed by atoms with Crippen LogP contribution in [0.4, 0.5) is 0 Å². The van der Waals surface area contributed by atoms with E-state index in [0.29, 0.717) is 22.1 Å². The molecule has 26 heavy (non-hydrogen) atoms. The van der Waals surface area contributed by atoms with Gasteiger partial charge in [-0.3, -0.25) is 4.68 Å². The summed E-state index contributed by atoms with van der Waals surface area (Å²) in [4.78, 5) is 22.8. The summed E-state index contributed by atoms with van der Waals surface area (Å²) >= 11 is 6.10. The number of carboxylic acid groups (broad SMARTS) is 1. The molecule has 132 valence electrons. The summed E-state index contributed by atoms with van der Waals surface area (Å²) in [6.07, 6.45) is 2.30. The van der Waals surface area contributed by atoms with Crippen molar-refractivity contribution in [2.75, 3.05) is 0 Å². The van der Waals surface area contributed by atoms with E-state index in [4.69, 9.17) is 11.6 Å². The Labute approximate surface area is 152 Å². The van der Waals surface area contributed by atoms with Crippen molar-refractivity contribution in [1.82, 2.24) is 24.7 Å². The fraction of sp³-hybridized carbons (Fsp3) is 0.176. The van der Waals surface area contributed by atoms with E-state index in [-0.39, 0.29) is 17.6 Å². The van der Waals surface area contributed by atoms with Crippen LogP contribution in [-0.4, -0.2) is 47.0 Å². The fourth-order valence-electron chi connectivity index (χ4n) is 2.89. The number of H-pyrrole nitrogens is 1. The highest BCUT2D eigenvalue weighted by molar-refractivity contribution is 6.31. The minimum Gasteiger partial charge on any atom is -0.478 e. The monoisotopic (exact) mass is 371 g/mol. The van der Waals surface area contributed by atoms with Gasteiger partial charge in [0.05, 0.1) is 24.4 Å². The van der Waals surface area contributed by atoms with Crippen molar-refractivity contribution in [2.45, 2.75) is 19.6 Å². The Morgan fingerprint density at radius 3 is 2.96 bits per heavy atom. The molecular formula is C17H14ClN5O3. The van der Waals surface area contributed by atoms with Gasteiger partial charge in [0.15, 0.2) is 5.65 Å². The molecule has 3 N–H and O–H groups in total. The van der Waals surface area contributed by atoms with Gasteiger partial charge in [0.1, 0.15) is 22.5 Å². The molecule has 1 atom stereocenters. The normalized spacial score (nSPS) is 12.7. The van der Waals surface area contributed by atoms with E-state index in [9.17, 15) is 15.0 Å². The molecular weight excluding hydrogens is 358 g/mol. The summed E-state index contributed by atoms with van der Waals surface area (Å²) in [6.45, 7) is 1.96. The second kappa shape index (κ2) is 6.08. The Morgan fingerprint density at radius 1 is 1.42 bits per heavy atom. The van der Waals surface area contributed by atoms with Gasteiger partial charge in [0.25, 0.3) is 0 Å². The van der Waals surface area contributed by atoms with Crippen molar-refractivity contribution in [2.24, 2.45) is 0 Å². The molecule has 4 aromatic rings. The number of halogens is 1. The molecule has 0 saturated carbocycles. The van der Waals surface area contributed by atoms with Crippen molar-refractivity contribution < 1.29 is 15.0 Å².